The largest absolute Gasteiger partial charge is 0.457 e. The summed E-state index contributed by atoms with van der Waals surface area (Å²) >= 11 is 2.25. The van der Waals surface area contributed by atoms with Crippen LogP contribution in [0, 0.1) is 3.57 Å². The minimum Gasteiger partial charge on any atom is -0.457 e. The highest BCUT2D eigenvalue weighted by atomic mass is 127. The zero-order valence-corrected chi connectivity index (χ0v) is 14.9. The molecule has 1 aromatic heterocycles. The van der Waals surface area contributed by atoms with Gasteiger partial charge in [0.1, 0.15) is 11.5 Å². The number of carbonyl (C=O) groups excluding carboxylic acids is 1. The minimum atomic E-state index is -0.146. The summed E-state index contributed by atoms with van der Waals surface area (Å²) in [6.45, 7) is 0.428. The summed E-state index contributed by atoms with van der Waals surface area (Å²) in [7, 11) is 0. The quantitative estimate of drug-likeness (QED) is 0.611. The van der Waals surface area contributed by atoms with Crippen molar-refractivity contribution in [3.63, 3.8) is 0 Å². The number of rotatable bonds is 5. The monoisotopic (exact) mass is 430 g/mol. The van der Waals surface area contributed by atoms with Gasteiger partial charge in [-0.2, -0.15) is 0 Å². The van der Waals surface area contributed by atoms with Gasteiger partial charge in [0, 0.05) is 22.5 Å². The van der Waals surface area contributed by atoms with Crippen LogP contribution in [0.1, 0.15) is 15.9 Å². The molecule has 3 aromatic rings. The highest BCUT2D eigenvalue weighted by Gasteiger charge is 2.05. The zero-order chi connectivity index (χ0) is 16.8. The lowest BCUT2D eigenvalue weighted by atomic mass is 10.2. The first kappa shape index (κ1) is 16.4. The molecule has 4 nitrogen and oxygen atoms in total. The Morgan fingerprint density at radius 2 is 1.83 bits per heavy atom. The Kier molecular flexibility index (Phi) is 5.43. The molecule has 0 aliphatic heterocycles. The lowest BCUT2D eigenvalue weighted by Crippen LogP contribution is -2.22. The van der Waals surface area contributed by atoms with E-state index in [-0.39, 0.29) is 5.91 Å². The normalized spacial score (nSPS) is 10.2. The van der Waals surface area contributed by atoms with E-state index in [1.165, 1.54) is 0 Å². The molecule has 1 amide bonds. The number of benzene rings is 2. The third-order valence-corrected chi connectivity index (χ3v) is 3.98. The summed E-state index contributed by atoms with van der Waals surface area (Å²) in [5, 5.41) is 2.88. The van der Waals surface area contributed by atoms with Crippen molar-refractivity contribution in [3.8, 4) is 11.5 Å². The third kappa shape index (κ3) is 4.55. The highest BCUT2D eigenvalue weighted by molar-refractivity contribution is 14.1. The van der Waals surface area contributed by atoms with Crippen LogP contribution in [0.15, 0.2) is 73.1 Å². The van der Waals surface area contributed by atoms with Crippen LogP contribution < -0.4 is 10.1 Å². The number of aromatic nitrogens is 1. The molecule has 2 aromatic carbocycles. The molecule has 1 N–H and O–H groups in total. The van der Waals surface area contributed by atoms with E-state index in [2.05, 4.69) is 32.9 Å². The molecule has 5 heteroatoms. The summed E-state index contributed by atoms with van der Waals surface area (Å²) in [6.07, 6.45) is 3.19. The zero-order valence-electron chi connectivity index (χ0n) is 12.8. The standard InChI is InChI=1S/C19H15IN2O2/c20-16-6-2-8-18(11-16)24-17-7-1-4-14(10-17)12-22-19(23)15-5-3-9-21-13-15/h1-11,13H,12H2,(H,22,23). The fraction of sp³-hybridized carbons (Fsp3) is 0.0526. The average Bonchev–Trinajstić information content (AvgIpc) is 2.61. The molecule has 0 spiro atoms. The van der Waals surface area contributed by atoms with E-state index < -0.39 is 0 Å². The summed E-state index contributed by atoms with van der Waals surface area (Å²) < 4.78 is 6.98. The Labute approximate surface area is 154 Å². The molecule has 120 valence electrons. The fourth-order valence-electron chi connectivity index (χ4n) is 2.17. The number of amides is 1. The van der Waals surface area contributed by atoms with Crippen LogP contribution in [0.4, 0.5) is 0 Å². The van der Waals surface area contributed by atoms with Crippen LogP contribution in [-0.2, 0) is 6.54 Å². The van der Waals surface area contributed by atoms with E-state index in [0.29, 0.717) is 12.1 Å². The summed E-state index contributed by atoms with van der Waals surface area (Å²) in [5.74, 6) is 1.38. The molecule has 0 radical (unpaired) electrons. The maximum Gasteiger partial charge on any atom is 0.253 e. The molecule has 3 rings (SSSR count). The van der Waals surface area contributed by atoms with E-state index in [1.54, 1.807) is 24.5 Å². The average molecular weight is 430 g/mol. The van der Waals surface area contributed by atoms with Gasteiger partial charge in [-0.1, -0.05) is 18.2 Å². The maximum absolute atomic E-state index is 12.0. The van der Waals surface area contributed by atoms with E-state index in [1.807, 2.05) is 48.5 Å². The molecule has 0 fully saturated rings. The predicted molar refractivity (Wildman–Crippen MR) is 101 cm³/mol. The fourth-order valence-corrected chi connectivity index (χ4v) is 2.68. The molecule has 0 aliphatic rings. The lowest BCUT2D eigenvalue weighted by molar-refractivity contribution is 0.0950. The number of halogens is 1. The smallest absolute Gasteiger partial charge is 0.253 e. The van der Waals surface area contributed by atoms with Crippen LogP contribution in [0.3, 0.4) is 0 Å². The van der Waals surface area contributed by atoms with Gasteiger partial charge < -0.3 is 10.1 Å². The molecular weight excluding hydrogens is 415 g/mol. The summed E-state index contributed by atoms with van der Waals surface area (Å²) in [6, 6.07) is 19.0. The molecular formula is C19H15IN2O2. The molecule has 0 saturated heterocycles. The lowest BCUT2D eigenvalue weighted by Gasteiger charge is -2.09. The number of hydrogen-bond acceptors (Lipinski definition) is 3. The van der Waals surface area contributed by atoms with Crippen LogP contribution in [0.5, 0.6) is 11.5 Å². The van der Waals surface area contributed by atoms with Gasteiger partial charge in [-0.3, -0.25) is 9.78 Å². The Balaban J connectivity index is 1.64. The Bertz CT molecular complexity index is 838. The Morgan fingerprint density at radius 1 is 1.04 bits per heavy atom. The van der Waals surface area contributed by atoms with Crippen molar-refractivity contribution >= 4 is 28.5 Å². The van der Waals surface area contributed by atoms with E-state index in [9.17, 15) is 4.79 Å². The van der Waals surface area contributed by atoms with Crippen LogP contribution in [0.25, 0.3) is 0 Å². The molecule has 0 unspecified atom stereocenters. The van der Waals surface area contributed by atoms with Gasteiger partial charge in [0.25, 0.3) is 5.91 Å². The van der Waals surface area contributed by atoms with Crippen molar-refractivity contribution in [1.82, 2.24) is 10.3 Å². The molecule has 0 bridgehead atoms. The van der Waals surface area contributed by atoms with Crippen molar-refractivity contribution in [2.45, 2.75) is 6.54 Å². The van der Waals surface area contributed by atoms with E-state index >= 15 is 0 Å². The highest BCUT2D eigenvalue weighted by Crippen LogP contribution is 2.23. The van der Waals surface area contributed by atoms with Crippen LogP contribution in [0.2, 0.25) is 0 Å². The van der Waals surface area contributed by atoms with Crippen LogP contribution >= 0.6 is 22.6 Å². The number of nitrogens with one attached hydrogen (secondary N) is 1. The van der Waals surface area contributed by atoms with Gasteiger partial charge in [0.05, 0.1) is 5.56 Å². The molecule has 0 aliphatic carbocycles. The van der Waals surface area contributed by atoms with Gasteiger partial charge >= 0.3 is 0 Å². The van der Waals surface area contributed by atoms with E-state index in [4.69, 9.17) is 4.74 Å². The van der Waals surface area contributed by atoms with Gasteiger partial charge in [-0.05, 0) is 70.6 Å². The number of pyridine rings is 1. The SMILES string of the molecule is O=C(NCc1cccc(Oc2cccc(I)c2)c1)c1cccnc1. The van der Waals surface area contributed by atoms with Crippen molar-refractivity contribution in [3.05, 3.63) is 87.8 Å². The second-order valence-corrected chi connectivity index (χ2v) is 6.38. The van der Waals surface area contributed by atoms with Crippen molar-refractivity contribution < 1.29 is 9.53 Å². The Morgan fingerprint density at radius 3 is 2.58 bits per heavy atom. The minimum absolute atomic E-state index is 0.146. The van der Waals surface area contributed by atoms with Crippen molar-refractivity contribution in [2.75, 3.05) is 0 Å². The molecule has 1 heterocycles. The summed E-state index contributed by atoms with van der Waals surface area (Å²) in [5.41, 5.74) is 1.51. The molecule has 24 heavy (non-hydrogen) atoms. The summed E-state index contributed by atoms with van der Waals surface area (Å²) in [4.78, 5) is 16.0. The molecule has 0 atom stereocenters. The second kappa shape index (κ2) is 7.92. The predicted octanol–water partition coefficient (Wildman–Crippen LogP) is 4.41. The van der Waals surface area contributed by atoms with Crippen LogP contribution in [-0.4, -0.2) is 10.9 Å². The van der Waals surface area contributed by atoms with E-state index in [0.717, 1.165) is 20.6 Å². The number of nitrogens with zero attached hydrogens (tertiary/aromatic N) is 1. The first-order valence-electron chi connectivity index (χ1n) is 7.41. The third-order valence-electron chi connectivity index (χ3n) is 3.31. The molecule has 0 saturated carbocycles. The van der Waals surface area contributed by atoms with Gasteiger partial charge in [0.15, 0.2) is 0 Å². The number of hydrogen-bond donors (Lipinski definition) is 1. The van der Waals surface area contributed by atoms with Gasteiger partial charge in [0.2, 0.25) is 0 Å². The van der Waals surface area contributed by atoms with Crippen molar-refractivity contribution in [2.24, 2.45) is 0 Å². The maximum atomic E-state index is 12.0. The van der Waals surface area contributed by atoms with Crippen molar-refractivity contribution in [1.29, 1.82) is 0 Å². The number of ether oxygens (including phenoxy) is 1. The second-order valence-electron chi connectivity index (χ2n) is 5.13. The first-order chi connectivity index (χ1) is 11.7. The number of carbonyl (C=O) groups is 1. The topological polar surface area (TPSA) is 51.2 Å². The first-order valence-corrected chi connectivity index (χ1v) is 8.49. The van der Waals surface area contributed by atoms with Gasteiger partial charge in [-0.25, -0.2) is 0 Å². The Hall–Kier alpha value is -2.41. The van der Waals surface area contributed by atoms with Gasteiger partial charge in [-0.15, -0.1) is 0 Å².